The van der Waals surface area contributed by atoms with Gasteiger partial charge in [0, 0.05) is 10.4 Å². The third kappa shape index (κ3) is 3.03. The van der Waals surface area contributed by atoms with E-state index in [-0.39, 0.29) is 5.56 Å². The number of thiophene rings is 1. The molecule has 0 aliphatic heterocycles. The van der Waals surface area contributed by atoms with Crippen LogP contribution in [0, 0.1) is 12.7 Å². The molecule has 0 aliphatic carbocycles. The first kappa shape index (κ1) is 14.2. The lowest BCUT2D eigenvalue weighted by Crippen LogP contribution is -2.33. The minimum atomic E-state index is -1.16. The fourth-order valence-corrected chi connectivity index (χ4v) is 2.53. The van der Waals surface area contributed by atoms with E-state index in [4.69, 9.17) is 0 Å². The summed E-state index contributed by atoms with van der Waals surface area (Å²) in [6, 6.07) is 6.02. The number of amides is 1. The Hall–Kier alpha value is -2.21. The van der Waals surface area contributed by atoms with E-state index in [0.29, 0.717) is 10.4 Å². The number of carbonyl (C=O) groups excluding carboxylic acids is 1. The van der Waals surface area contributed by atoms with E-state index in [1.807, 2.05) is 0 Å². The highest BCUT2D eigenvalue weighted by atomic mass is 32.1. The van der Waals surface area contributed by atoms with Crippen LogP contribution in [0.2, 0.25) is 0 Å². The lowest BCUT2D eigenvalue weighted by atomic mass is 10.1. The van der Waals surface area contributed by atoms with Crippen molar-refractivity contribution >= 4 is 23.2 Å². The molecule has 1 unspecified atom stereocenters. The fraction of sp³-hybridized carbons (Fsp3) is 0.143. The molecule has 2 aromatic rings. The van der Waals surface area contributed by atoms with Crippen LogP contribution in [0.4, 0.5) is 4.39 Å². The highest BCUT2D eigenvalue weighted by Gasteiger charge is 2.24. The zero-order valence-electron chi connectivity index (χ0n) is 10.6. The molecule has 2 rings (SSSR count). The molecular formula is C14H12FNO3S. The summed E-state index contributed by atoms with van der Waals surface area (Å²) in [5.41, 5.74) is 0.715. The summed E-state index contributed by atoms with van der Waals surface area (Å²) < 4.78 is 13.2. The SMILES string of the molecule is Cc1ccc(F)cc1C(=O)NC(C(=O)O)c1cccs1. The van der Waals surface area contributed by atoms with Crippen LogP contribution < -0.4 is 5.32 Å². The van der Waals surface area contributed by atoms with Gasteiger partial charge in [-0.1, -0.05) is 12.1 Å². The van der Waals surface area contributed by atoms with E-state index < -0.39 is 23.7 Å². The van der Waals surface area contributed by atoms with E-state index in [1.54, 1.807) is 24.4 Å². The molecule has 1 amide bonds. The highest BCUT2D eigenvalue weighted by Crippen LogP contribution is 2.20. The maximum absolute atomic E-state index is 13.2. The number of carboxylic acid groups (broad SMARTS) is 1. The molecule has 2 N–H and O–H groups in total. The molecule has 1 atom stereocenters. The van der Waals surface area contributed by atoms with Crippen LogP contribution in [-0.2, 0) is 4.79 Å². The predicted molar refractivity (Wildman–Crippen MR) is 73.3 cm³/mol. The molecule has 104 valence electrons. The molecule has 0 bridgehead atoms. The zero-order valence-corrected chi connectivity index (χ0v) is 11.4. The number of carboxylic acids is 1. The standard InChI is InChI=1S/C14H12FNO3S/c1-8-4-5-9(15)7-10(8)13(17)16-12(14(18)19)11-3-2-6-20-11/h2-7,12H,1H3,(H,16,17)(H,18,19). The normalized spacial score (nSPS) is 11.9. The largest absolute Gasteiger partial charge is 0.479 e. The Labute approximate surface area is 118 Å². The van der Waals surface area contributed by atoms with Crippen LogP contribution in [0.1, 0.15) is 26.8 Å². The number of benzene rings is 1. The number of aliphatic carboxylic acids is 1. The first-order chi connectivity index (χ1) is 9.49. The number of carbonyl (C=O) groups is 2. The van der Waals surface area contributed by atoms with Gasteiger partial charge in [0.1, 0.15) is 5.82 Å². The number of nitrogens with one attached hydrogen (secondary N) is 1. The molecule has 0 saturated carbocycles. The van der Waals surface area contributed by atoms with Gasteiger partial charge in [0.25, 0.3) is 5.91 Å². The quantitative estimate of drug-likeness (QED) is 0.911. The average molecular weight is 293 g/mol. The van der Waals surface area contributed by atoms with Crippen LogP contribution in [0.3, 0.4) is 0 Å². The minimum absolute atomic E-state index is 0.132. The van der Waals surface area contributed by atoms with Crippen molar-refractivity contribution in [2.45, 2.75) is 13.0 Å². The lowest BCUT2D eigenvalue weighted by molar-refractivity contribution is -0.139. The van der Waals surface area contributed by atoms with Gasteiger partial charge in [-0.25, -0.2) is 9.18 Å². The van der Waals surface area contributed by atoms with Crippen molar-refractivity contribution in [2.75, 3.05) is 0 Å². The Morgan fingerprint density at radius 1 is 1.35 bits per heavy atom. The number of rotatable bonds is 4. The number of aryl methyl sites for hydroxylation is 1. The third-order valence-electron chi connectivity index (χ3n) is 2.79. The fourth-order valence-electron chi connectivity index (χ4n) is 1.76. The summed E-state index contributed by atoms with van der Waals surface area (Å²) in [6.45, 7) is 1.66. The molecule has 1 aromatic heterocycles. The van der Waals surface area contributed by atoms with Crippen LogP contribution in [0.5, 0.6) is 0 Å². The summed E-state index contributed by atoms with van der Waals surface area (Å²) in [4.78, 5) is 23.8. The van der Waals surface area contributed by atoms with Crippen molar-refractivity contribution in [1.29, 1.82) is 0 Å². The molecular weight excluding hydrogens is 281 g/mol. The Morgan fingerprint density at radius 3 is 2.70 bits per heavy atom. The van der Waals surface area contributed by atoms with Crippen molar-refractivity contribution in [1.82, 2.24) is 5.32 Å². The zero-order chi connectivity index (χ0) is 14.7. The molecule has 1 heterocycles. The summed E-state index contributed by atoms with van der Waals surface area (Å²) >= 11 is 1.23. The Bertz CT molecular complexity index is 640. The van der Waals surface area contributed by atoms with Crippen molar-refractivity contribution in [2.24, 2.45) is 0 Å². The van der Waals surface area contributed by atoms with Gasteiger partial charge in [0.15, 0.2) is 6.04 Å². The Kier molecular flexibility index (Phi) is 4.14. The number of halogens is 1. The maximum Gasteiger partial charge on any atom is 0.331 e. The third-order valence-corrected chi connectivity index (χ3v) is 3.73. The molecule has 0 radical (unpaired) electrons. The average Bonchev–Trinajstić information content (AvgIpc) is 2.91. The molecule has 0 spiro atoms. The second kappa shape index (κ2) is 5.83. The van der Waals surface area contributed by atoms with Crippen LogP contribution in [-0.4, -0.2) is 17.0 Å². The van der Waals surface area contributed by atoms with Gasteiger partial charge in [-0.15, -0.1) is 11.3 Å². The van der Waals surface area contributed by atoms with Crippen LogP contribution in [0.15, 0.2) is 35.7 Å². The van der Waals surface area contributed by atoms with Crippen molar-refractivity contribution in [3.63, 3.8) is 0 Å². The summed E-state index contributed by atoms with van der Waals surface area (Å²) in [6.07, 6.45) is 0. The highest BCUT2D eigenvalue weighted by molar-refractivity contribution is 7.10. The number of hydrogen-bond acceptors (Lipinski definition) is 3. The predicted octanol–water partition coefficient (Wildman–Crippen LogP) is 2.75. The topological polar surface area (TPSA) is 66.4 Å². The number of hydrogen-bond donors (Lipinski definition) is 2. The molecule has 4 nitrogen and oxygen atoms in total. The second-order valence-electron chi connectivity index (χ2n) is 4.22. The van der Waals surface area contributed by atoms with E-state index in [9.17, 15) is 19.1 Å². The van der Waals surface area contributed by atoms with Gasteiger partial charge in [-0.2, -0.15) is 0 Å². The van der Waals surface area contributed by atoms with Gasteiger partial charge in [0.2, 0.25) is 0 Å². The monoisotopic (exact) mass is 293 g/mol. The van der Waals surface area contributed by atoms with Gasteiger partial charge >= 0.3 is 5.97 Å². The van der Waals surface area contributed by atoms with Crippen LogP contribution in [0.25, 0.3) is 0 Å². The van der Waals surface area contributed by atoms with E-state index >= 15 is 0 Å². The summed E-state index contributed by atoms with van der Waals surface area (Å²) in [7, 11) is 0. The van der Waals surface area contributed by atoms with Gasteiger partial charge in [-0.05, 0) is 36.1 Å². The van der Waals surface area contributed by atoms with Crippen molar-refractivity contribution in [3.05, 3.63) is 57.5 Å². The molecule has 0 fully saturated rings. The lowest BCUT2D eigenvalue weighted by Gasteiger charge is -2.14. The maximum atomic E-state index is 13.2. The van der Waals surface area contributed by atoms with Crippen molar-refractivity contribution < 1.29 is 19.1 Å². The minimum Gasteiger partial charge on any atom is -0.479 e. The Balaban J connectivity index is 2.25. The molecule has 0 aliphatic rings. The first-order valence-corrected chi connectivity index (χ1v) is 6.70. The van der Waals surface area contributed by atoms with Crippen molar-refractivity contribution in [3.8, 4) is 0 Å². The molecule has 0 saturated heterocycles. The smallest absolute Gasteiger partial charge is 0.331 e. The molecule has 20 heavy (non-hydrogen) atoms. The van der Waals surface area contributed by atoms with E-state index in [1.165, 1.54) is 23.5 Å². The van der Waals surface area contributed by atoms with Gasteiger partial charge < -0.3 is 10.4 Å². The molecule has 6 heteroatoms. The first-order valence-electron chi connectivity index (χ1n) is 5.82. The van der Waals surface area contributed by atoms with E-state index in [0.717, 1.165) is 6.07 Å². The molecule has 1 aromatic carbocycles. The summed E-state index contributed by atoms with van der Waals surface area (Å²) in [5, 5.41) is 13.3. The van der Waals surface area contributed by atoms with Gasteiger partial charge in [-0.3, -0.25) is 4.79 Å². The van der Waals surface area contributed by atoms with E-state index in [2.05, 4.69) is 5.32 Å². The summed E-state index contributed by atoms with van der Waals surface area (Å²) in [5.74, 6) is -2.30. The Morgan fingerprint density at radius 2 is 2.10 bits per heavy atom. The van der Waals surface area contributed by atoms with Crippen LogP contribution >= 0.6 is 11.3 Å². The van der Waals surface area contributed by atoms with Gasteiger partial charge in [0.05, 0.1) is 0 Å². The second-order valence-corrected chi connectivity index (χ2v) is 5.20.